The van der Waals surface area contributed by atoms with E-state index in [1.54, 1.807) is 6.07 Å². The van der Waals surface area contributed by atoms with Crippen LogP contribution in [0.2, 0.25) is 10.0 Å². The minimum Gasteiger partial charge on any atom is -0.327 e. The lowest BCUT2D eigenvalue weighted by molar-refractivity contribution is 0.688. The summed E-state index contributed by atoms with van der Waals surface area (Å²) >= 11 is 18.2. The zero-order chi connectivity index (χ0) is 14.8. The lowest BCUT2D eigenvalue weighted by Gasteiger charge is -2.09. The summed E-state index contributed by atoms with van der Waals surface area (Å²) in [4.78, 5) is 4.56. The van der Waals surface area contributed by atoms with Crippen LogP contribution in [-0.2, 0) is 18.8 Å². The zero-order valence-electron chi connectivity index (χ0n) is 11.2. The maximum absolute atomic E-state index is 6.23. The van der Waals surface area contributed by atoms with Crippen molar-refractivity contribution in [3.63, 3.8) is 0 Å². The molecule has 0 unspecified atom stereocenters. The van der Waals surface area contributed by atoms with E-state index in [0.717, 1.165) is 35.4 Å². The van der Waals surface area contributed by atoms with Gasteiger partial charge < -0.3 is 4.57 Å². The Labute approximate surface area is 138 Å². The molecule has 108 valence electrons. The van der Waals surface area contributed by atoms with Crippen LogP contribution >= 0.6 is 34.8 Å². The number of rotatable bonds is 4. The molecule has 1 heterocycles. The van der Waals surface area contributed by atoms with Crippen LogP contribution in [0.3, 0.4) is 0 Å². The molecule has 3 rings (SSSR count). The second-order valence-electron chi connectivity index (χ2n) is 4.79. The summed E-state index contributed by atoms with van der Waals surface area (Å²) in [6.07, 6.45) is 0.806. The van der Waals surface area contributed by atoms with Gasteiger partial charge in [-0.3, -0.25) is 0 Å². The number of hydrogen-bond acceptors (Lipinski definition) is 1. The Kier molecular flexibility index (Phi) is 4.39. The molecule has 0 aliphatic carbocycles. The summed E-state index contributed by atoms with van der Waals surface area (Å²) in [6.45, 7) is 0.782. The van der Waals surface area contributed by atoms with Gasteiger partial charge in [0.2, 0.25) is 0 Å². The average Bonchev–Trinajstić information content (AvgIpc) is 2.84. The third-order valence-corrected chi connectivity index (χ3v) is 4.30. The topological polar surface area (TPSA) is 17.8 Å². The number of hydrogen-bond donors (Lipinski definition) is 0. The number of para-hydroxylation sites is 2. The summed E-state index contributed by atoms with van der Waals surface area (Å²) in [7, 11) is 0. The standard InChI is InChI=1S/C16H13Cl3N2/c17-10-16-20-14-3-1-2-4-15(14)21(16)8-7-11-5-6-12(18)9-13(11)19/h1-6,9H,7-8,10H2. The fraction of sp³-hybridized carbons (Fsp3) is 0.188. The first-order chi connectivity index (χ1) is 10.2. The number of benzene rings is 2. The van der Waals surface area contributed by atoms with Gasteiger partial charge in [-0.15, -0.1) is 11.6 Å². The van der Waals surface area contributed by atoms with Crippen molar-refractivity contribution in [3.8, 4) is 0 Å². The highest BCUT2D eigenvalue weighted by Crippen LogP contribution is 2.23. The van der Waals surface area contributed by atoms with Crippen molar-refractivity contribution in [3.05, 3.63) is 63.9 Å². The van der Waals surface area contributed by atoms with Crippen LogP contribution in [0, 0.1) is 0 Å². The third kappa shape index (κ3) is 3.03. The smallest absolute Gasteiger partial charge is 0.124 e. The van der Waals surface area contributed by atoms with Crippen molar-refractivity contribution < 1.29 is 0 Å². The number of aromatic nitrogens is 2. The van der Waals surface area contributed by atoms with Crippen molar-refractivity contribution in [2.45, 2.75) is 18.8 Å². The Hall–Kier alpha value is -1.22. The van der Waals surface area contributed by atoms with E-state index in [1.165, 1.54) is 0 Å². The molecule has 2 aromatic carbocycles. The maximum Gasteiger partial charge on any atom is 0.124 e. The second-order valence-corrected chi connectivity index (χ2v) is 5.90. The largest absolute Gasteiger partial charge is 0.327 e. The quantitative estimate of drug-likeness (QED) is 0.588. The van der Waals surface area contributed by atoms with Gasteiger partial charge >= 0.3 is 0 Å². The fourth-order valence-electron chi connectivity index (χ4n) is 2.43. The lowest BCUT2D eigenvalue weighted by atomic mass is 10.1. The van der Waals surface area contributed by atoms with E-state index in [0.29, 0.717) is 15.9 Å². The predicted molar refractivity (Wildman–Crippen MR) is 89.5 cm³/mol. The van der Waals surface area contributed by atoms with Gasteiger partial charge in [0.1, 0.15) is 5.82 Å². The van der Waals surface area contributed by atoms with Crippen molar-refractivity contribution in [1.82, 2.24) is 9.55 Å². The molecular weight excluding hydrogens is 327 g/mol. The highest BCUT2D eigenvalue weighted by molar-refractivity contribution is 6.35. The summed E-state index contributed by atoms with van der Waals surface area (Å²) in [5, 5.41) is 1.35. The van der Waals surface area contributed by atoms with E-state index in [9.17, 15) is 0 Å². The third-order valence-electron chi connectivity index (χ3n) is 3.47. The van der Waals surface area contributed by atoms with Gasteiger partial charge in [-0.1, -0.05) is 41.4 Å². The summed E-state index contributed by atoms with van der Waals surface area (Å²) in [5.74, 6) is 1.27. The molecule has 0 aliphatic heterocycles. The van der Waals surface area contributed by atoms with E-state index >= 15 is 0 Å². The Morgan fingerprint density at radius 2 is 1.86 bits per heavy atom. The minimum atomic E-state index is 0.392. The number of fused-ring (bicyclic) bond motifs is 1. The van der Waals surface area contributed by atoms with Gasteiger partial charge in [-0.2, -0.15) is 0 Å². The summed E-state index contributed by atoms with van der Waals surface area (Å²) in [6, 6.07) is 13.6. The molecule has 1 aromatic heterocycles. The molecule has 0 saturated heterocycles. The number of aryl methyl sites for hydroxylation is 2. The fourth-order valence-corrected chi connectivity index (χ4v) is 3.14. The molecule has 0 aliphatic rings. The summed E-state index contributed by atoms with van der Waals surface area (Å²) in [5.41, 5.74) is 3.13. The number of alkyl halides is 1. The van der Waals surface area contributed by atoms with E-state index < -0.39 is 0 Å². The number of imidazole rings is 1. The first-order valence-corrected chi connectivity index (χ1v) is 7.92. The average molecular weight is 340 g/mol. The second kappa shape index (κ2) is 6.27. The Morgan fingerprint density at radius 1 is 1.05 bits per heavy atom. The molecule has 0 bridgehead atoms. The van der Waals surface area contributed by atoms with Crippen molar-refractivity contribution in [2.24, 2.45) is 0 Å². The zero-order valence-corrected chi connectivity index (χ0v) is 13.5. The Bertz CT molecular complexity index is 780. The van der Waals surface area contributed by atoms with Crippen LogP contribution in [0.25, 0.3) is 11.0 Å². The summed E-state index contributed by atoms with van der Waals surface area (Å²) < 4.78 is 2.15. The maximum atomic E-state index is 6.23. The molecule has 2 nitrogen and oxygen atoms in total. The molecule has 0 amide bonds. The molecule has 0 saturated carbocycles. The highest BCUT2D eigenvalue weighted by Gasteiger charge is 2.10. The van der Waals surface area contributed by atoms with E-state index in [2.05, 4.69) is 15.6 Å². The highest BCUT2D eigenvalue weighted by atomic mass is 35.5. The van der Waals surface area contributed by atoms with Crippen molar-refractivity contribution in [2.75, 3.05) is 0 Å². The number of nitrogens with zero attached hydrogens (tertiary/aromatic N) is 2. The van der Waals surface area contributed by atoms with Gasteiger partial charge in [-0.25, -0.2) is 4.98 Å². The van der Waals surface area contributed by atoms with Gasteiger partial charge in [0.15, 0.2) is 0 Å². The molecule has 0 N–H and O–H groups in total. The Morgan fingerprint density at radius 3 is 2.62 bits per heavy atom. The van der Waals surface area contributed by atoms with Gasteiger partial charge in [-0.05, 0) is 36.2 Å². The normalized spacial score (nSPS) is 11.2. The first-order valence-electron chi connectivity index (χ1n) is 6.63. The van der Waals surface area contributed by atoms with Crippen LogP contribution in [0.1, 0.15) is 11.4 Å². The van der Waals surface area contributed by atoms with Crippen LogP contribution in [-0.4, -0.2) is 9.55 Å². The van der Waals surface area contributed by atoms with Gasteiger partial charge in [0.25, 0.3) is 0 Å². The molecule has 0 atom stereocenters. The minimum absolute atomic E-state index is 0.392. The Balaban J connectivity index is 1.91. The van der Waals surface area contributed by atoms with Gasteiger partial charge in [0.05, 0.1) is 16.9 Å². The van der Waals surface area contributed by atoms with Crippen molar-refractivity contribution >= 4 is 45.8 Å². The first kappa shape index (κ1) is 14.7. The molecule has 3 aromatic rings. The molecule has 0 spiro atoms. The molecule has 0 fully saturated rings. The van der Waals surface area contributed by atoms with E-state index in [-0.39, 0.29) is 0 Å². The predicted octanol–water partition coefficient (Wildman–Crippen LogP) is 5.32. The monoisotopic (exact) mass is 338 g/mol. The van der Waals surface area contributed by atoms with Crippen LogP contribution in [0.5, 0.6) is 0 Å². The van der Waals surface area contributed by atoms with E-state index in [4.69, 9.17) is 34.8 Å². The van der Waals surface area contributed by atoms with Crippen LogP contribution in [0.4, 0.5) is 0 Å². The molecule has 21 heavy (non-hydrogen) atoms. The van der Waals surface area contributed by atoms with Crippen LogP contribution < -0.4 is 0 Å². The number of halogens is 3. The van der Waals surface area contributed by atoms with Crippen molar-refractivity contribution in [1.29, 1.82) is 0 Å². The molecule has 5 heteroatoms. The van der Waals surface area contributed by atoms with E-state index in [1.807, 2.05) is 30.3 Å². The van der Waals surface area contributed by atoms with Crippen LogP contribution in [0.15, 0.2) is 42.5 Å². The molecule has 0 radical (unpaired) electrons. The van der Waals surface area contributed by atoms with Gasteiger partial charge in [0, 0.05) is 16.6 Å². The molecular formula is C16H13Cl3N2. The SMILES string of the molecule is ClCc1nc2ccccc2n1CCc1ccc(Cl)cc1Cl. The lowest BCUT2D eigenvalue weighted by Crippen LogP contribution is -2.05.